The summed E-state index contributed by atoms with van der Waals surface area (Å²) in [5.41, 5.74) is 1.23. The summed E-state index contributed by atoms with van der Waals surface area (Å²) in [7, 11) is -17.4. The number of aromatic nitrogens is 2. The maximum Gasteiger partial charge on any atom is 0.297 e. The Bertz CT molecular complexity index is 3560. The molecule has 5 N–H and O–H groups in total. The number of fused-ring (bicyclic) bond motifs is 1. The standard InChI is InChI=1S/C40H40N10O14S3.CH4O3S/c1-6-10-34-28(7-2)42-39-27(22-41)25(5)38(40(51)49(34)39)48-47-33-18-24(4)31(21-36(33)64-14-9-16-66(57,58)59)45-46-32-17-23(3)30(20-35(32)63-13-8-15-65(54,55)56)44-43-29-12-11-26(50(52)53)19-37(29)67(60,61)62;1-5(2,3)4/h6-7,10-12,17-21,51H,2,8-9,13-16H2,1,3-5H3,(H,54,55,56)(H,57,58,59)(H,60,61,62);1H3,(H,2,3,4)/b10-6-,44-43?,46-45?,48-47?;. The number of rotatable bonds is 20. The van der Waals surface area contributed by atoms with Crippen LogP contribution in [0, 0.1) is 42.2 Å². The number of nitriles is 1. The highest BCUT2D eigenvalue weighted by atomic mass is 32.2. The van der Waals surface area contributed by atoms with Crippen LogP contribution in [-0.2, 0) is 40.5 Å². The van der Waals surface area contributed by atoms with E-state index in [-0.39, 0.29) is 82.8 Å². The molecule has 0 saturated carbocycles. The number of allylic oxidation sites excluding steroid dienone is 1. The summed E-state index contributed by atoms with van der Waals surface area (Å²) >= 11 is 0. The monoisotopic (exact) mass is 1080 g/mol. The Hall–Kier alpha value is -7.44. The van der Waals surface area contributed by atoms with Crippen molar-refractivity contribution in [3.05, 3.63) is 98.9 Å². The Morgan fingerprint density at radius 2 is 1.25 bits per heavy atom. The van der Waals surface area contributed by atoms with Gasteiger partial charge < -0.3 is 14.6 Å². The molecule has 0 spiro atoms. The van der Waals surface area contributed by atoms with E-state index in [4.69, 9.17) is 14.0 Å². The summed E-state index contributed by atoms with van der Waals surface area (Å²) in [5, 5.41) is 58.1. The first kappa shape index (κ1) is 57.1. The molecule has 2 aromatic heterocycles. The minimum absolute atomic E-state index is 0.00678. The van der Waals surface area contributed by atoms with Crippen LogP contribution < -0.4 is 9.47 Å². The van der Waals surface area contributed by atoms with E-state index in [1.165, 1.54) is 34.7 Å². The molecule has 0 unspecified atom stereocenters. The zero-order valence-corrected chi connectivity index (χ0v) is 41.7. The van der Waals surface area contributed by atoms with Gasteiger partial charge in [0.05, 0.1) is 58.7 Å². The lowest BCUT2D eigenvalue weighted by Crippen LogP contribution is -2.08. The highest BCUT2D eigenvalue weighted by molar-refractivity contribution is 7.86. The Kier molecular flexibility index (Phi) is 18.8. The summed E-state index contributed by atoms with van der Waals surface area (Å²) in [6.07, 6.45) is 5.23. The predicted molar refractivity (Wildman–Crippen MR) is 259 cm³/mol. The maximum absolute atomic E-state index is 12.0. The van der Waals surface area contributed by atoms with E-state index in [0.717, 1.165) is 12.1 Å². The van der Waals surface area contributed by atoms with Gasteiger partial charge in [-0.1, -0.05) is 12.7 Å². The largest absolute Gasteiger partial charge is 0.493 e. The second-order valence-corrected chi connectivity index (χ2v) is 20.9. The van der Waals surface area contributed by atoms with Crippen molar-refractivity contribution in [1.82, 2.24) is 9.38 Å². The number of benzene rings is 3. The molecule has 0 aliphatic rings. The van der Waals surface area contributed by atoms with Crippen molar-refractivity contribution >= 4 is 98.1 Å². The van der Waals surface area contributed by atoms with Gasteiger partial charge in [0, 0.05) is 29.8 Å². The van der Waals surface area contributed by atoms with Crippen molar-refractivity contribution in [1.29, 1.82) is 5.26 Å². The number of hydrogen-bond donors (Lipinski definition) is 5. The fourth-order valence-corrected chi connectivity index (χ4v) is 7.72. The van der Waals surface area contributed by atoms with Gasteiger partial charge in [-0.3, -0.25) is 32.7 Å². The predicted octanol–water partition coefficient (Wildman–Crippen LogP) is 8.73. The van der Waals surface area contributed by atoms with Crippen LogP contribution in [0.4, 0.5) is 39.8 Å². The molecule has 0 bridgehead atoms. The molecule has 0 saturated heterocycles. The number of aryl methyl sites for hydroxylation is 2. The molecule has 0 amide bonds. The van der Waals surface area contributed by atoms with Gasteiger partial charge in [0.25, 0.3) is 46.2 Å². The lowest BCUT2D eigenvalue weighted by Gasteiger charge is -2.12. The number of aromatic hydroxyl groups is 1. The molecule has 5 rings (SSSR count). The third-order valence-corrected chi connectivity index (χ3v) is 11.8. The Labute approximate surface area is 411 Å². The molecule has 5 aromatic rings. The Balaban J connectivity index is 0.00000214. The van der Waals surface area contributed by atoms with Gasteiger partial charge in [0.15, 0.2) is 11.3 Å². The first-order chi connectivity index (χ1) is 33.5. The molecule has 0 atom stereocenters. The van der Waals surface area contributed by atoms with Gasteiger partial charge in [-0.2, -0.15) is 49.2 Å². The first-order valence-corrected chi connectivity index (χ1v) is 26.8. The highest BCUT2D eigenvalue weighted by Crippen LogP contribution is 2.42. The molecule has 0 radical (unpaired) electrons. The van der Waals surface area contributed by atoms with Crippen molar-refractivity contribution in [2.45, 2.75) is 45.4 Å². The fourth-order valence-electron chi connectivity index (χ4n) is 6.11. The second kappa shape index (κ2) is 23.6. The normalized spacial score (nSPS) is 12.4. The quantitative estimate of drug-likeness (QED) is 0.0160. The highest BCUT2D eigenvalue weighted by Gasteiger charge is 2.24. The summed E-state index contributed by atoms with van der Waals surface area (Å²) in [5.74, 6) is -1.74. The van der Waals surface area contributed by atoms with Gasteiger partial charge in [0.2, 0.25) is 5.88 Å². The lowest BCUT2D eigenvalue weighted by atomic mass is 10.1. The van der Waals surface area contributed by atoms with Gasteiger partial charge in [-0.05, 0) is 82.0 Å². The van der Waals surface area contributed by atoms with E-state index in [1.54, 1.807) is 39.8 Å². The molecular weight excluding hydrogens is 1030 g/mol. The van der Waals surface area contributed by atoms with E-state index in [9.17, 15) is 67.8 Å². The molecule has 0 aliphatic heterocycles. The number of nitro benzene ring substituents is 1. The molecule has 3 aromatic carbocycles. The van der Waals surface area contributed by atoms with Gasteiger partial charge >= 0.3 is 0 Å². The molecular formula is C41H44N10O17S4. The van der Waals surface area contributed by atoms with Crippen molar-refractivity contribution in [2.24, 2.45) is 30.7 Å². The Morgan fingerprint density at radius 3 is 1.68 bits per heavy atom. The first-order valence-electron chi connectivity index (χ1n) is 20.3. The van der Waals surface area contributed by atoms with Crippen LogP contribution in [0.25, 0.3) is 17.8 Å². The second-order valence-electron chi connectivity index (χ2n) is 14.9. The number of imidazole rings is 1. The summed E-state index contributed by atoms with van der Waals surface area (Å²) in [6, 6.07) is 10.2. The molecule has 27 nitrogen and oxygen atoms in total. The van der Waals surface area contributed by atoms with Crippen LogP contribution in [-0.4, -0.2) is 102 Å². The Morgan fingerprint density at radius 1 is 0.778 bits per heavy atom. The van der Waals surface area contributed by atoms with Crippen molar-refractivity contribution in [3.63, 3.8) is 0 Å². The smallest absolute Gasteiger partial charge is 0.297 e. The molecule has 384 valence electrons. The van der Waals surface area contributed by atoms with Crippen molar-refractivity contribution in [2.75, 3.05) is 31.0 Å². The SMILES string of the molecule is C=Cc1nc2c(C#N)c(C)c(N=Nc3cc(C)c(N=Nc4cc(C)c(N=Nc5ccc([N+](=O)[O-])cc5S(=O)(=O)O)cc4OCCCS(=O)(=O)O)cc3OCCCS(=O)(=O)O)c(O)n2c1/C=C\C.CS(=O)(=O)O. The lowest BCUT2D eigenvalue weighted by molar-refractivity contribution is -0.385. The zero-order chi connectivity index (χ0) is 53.9. The fraction of sp³-hybridized carbons (Fsp3) is 0.268. The maximum atomic E-state index is 12.0. The number of non-ortho nitro benzene ring substituents is 1. The van der Waals surface area contributed by atoms with Crippen LogP contribution in [0.15, 0.2) is 90.7 Å². The van der Waals surface area contributed by atoms with E-state index in [2.05, 4.69) is 48.3 Å². The van der Waals surface area contributed by atoms with E-state index >= 15 is 0 Å². The third kappa shape index (κ3) is 16.0. The number of ether oxygens (including phenoxy) is 2. The van der Waals surface area contributed by atoms with Crippen LogP contribution in [0.5, 0.6) is 17.4 Å². The summed E-state index contributed by atoms with van der Waals surface area (Å²) in [4.78, 5) is 13.9. The number of pyridine rings is 1. The van der Waals surface area contributed by atoms with Crippen molar-refractivity contribution in [3.8, 4) is 23.4 Å². The van der Waals surface area contributed by atoms with Crippen LogP contribution in [0.3, 0.4) is 0 Å². The molecule has 0 fully saturated rings. The molecule has 72 heavy (non-hydrogen) atoms. The van der Waals surface area contributed by atoms with E-state index in [1.807, 2.05) is 0 Å². The number of azo groups is 3. The molecule has 2 heterocycles. The van der Waals surface area contributed by atoms with Gasteiger partial charge in [0.1, 0.15) is 45.1 Å². The number of nitrogens with zero attached hydrogens (tertiary/aromatic N) is 10. The third-order valence-electron chi connectivity index (χ3n) is 9.33. The average Bonchev–Trinajstić information content (AvgIpc) is 3.63. The number of hydrogen-bond acceptors (Lipinski definition) is 21. The van der Waals surface area contributed by atoms with Crippen LogP contribution in [0.2, 0.25) is 0 Å². The topological polar surface area (TPSA) is 415 Å². The van der Waals surface area contributed by atoms with Gasteiger partial charge in [-0.15, -0.1) is 20.5 Å². The molecule has 0 aliphatic carbocycles. The number of nitro groups is 1. The van der Waals surface area contributed by atoms with Crippen LogP contribution in [0.1, 0.15) is 53.4 Å². The van der Waals surface area contributed by atoms with Crippen LogP contribution >= 0.6 is 0 Å². The van der Waals surface area contributed by atoms with E-state index in [0.29, 0.717) is 34.8 Å². The van der Waals surface area contributed by atoms with E-state index < -0.39 is 79.1 Å². The summed E-state index contributed by atoms with van der Waals surface area (Å²) in [6.45, 7) is 9.74. The van der Waals surface area contributed by atoms with Crippen molar-refractivity contribution < 1.29 is 71.4 Å². The average molecular weight is 1080 g/mol. The van der Waals surface area contributed by atoms with Gasteiger partial charge in [-0.25, -0.2) is 4.98 Å². The minimum atomic E-state index is -5.00. The zero-order valence-electron chi connectivity index (χ0n) is 38.5. The summed E-state index contributed by atoms with van der Waals surface area (Å²) < 4.78 is 137. The molecule has 31 heteroatoms. The minimum Gasteiger partial charge on any atom is -0.493 e.